The first-order chi connectivity index (χ1) is 9.61. The van der Waals surface area contributed by atoms with Crippen molar-refractivity contribution in [3.63, 3.8) is 0 Å². The summed E-state index contributed by atoms with van der Waals surface area (Å²) in [6, 6.07) is 7.07. The Labute approximate surface area is 117 Å². The van der Waals surface area contributed by atoms with Crippen LogP contribution in [0, 0.1) is 0 Å². The van der Waals surface area contributed by atoms with Crippen LogP contribution in [0.2, 0.25) is 0 Å². The Kier molecular flexibility index (Phi) is 4.45. The highest BCUT2D eigenvalue weighted by Crippen LogP contribution is 2.28. The minimum absolute atomic E-state index is 0.0419. The molecule has 20 heavy (non-hydrogen) atoms. The van der Waals surface area contributed by atoms with Gasteiger partial charge in [-0.05, 0) is 18.9 Å². The van der Waals surface area contributed by atoms with E-state index in [-0.39, 0.29) is 30.0 Å². The zero-order valence-corrected chi connectivity index (χ0v) is 11.2. The summed E-state index contributed by atoms with van der Waals surface area (Å²) in [4.78, 5) is 14.1. The zero-order valence-electron chi connectivity index (χ0n) is 11.2. The lowest BCUT2D eigenvalue weighted by Crippen LogP contribution is -2.36. The molecule has 0 spiro atoms. The molecular formula is C14H19N3O3. The van der Waals surface area contributed by atoms with Gasteiger partial charge in [-0.3, -0.25) is 4.79 Å². The lowest BCUT2D eigenvalue weighted by Gasteiger charge is -2.22. The summed E-state index contributed by atoms with van der Waals surface area (Å²) >= 11 is 0. The second-order valence-electron chi connectivity index (χ2n) is 4.97. The number of phenolic OH excluding ortho intramolecular Hbond substituents is 1. The van der Waals surface area contributed by atoms with Crippen LogP contribution in [0.3, 0.4) is 0 Å². The highest BCUT2D eigenvalue weighted by Gasteiger charge is 2.32. The van der Waals surface area contributed by atoms with Crippen LogP contribution >= 0.6 is 0 Å². The zero-order chi connectivity index (χ0) is 14.5. The topological polar surface area (TPSA) is 99.2 Å². The first-order valence-electron chi connectivity index (χ1n) is 6.64. The molecule has 0 aliphatic heterocycles. The predicted octanol–water partition coefficient (Wildman–Crippen LogP) is 1.06. The maximum atomic E-state index is 12.3. The number of phenols is 1. The van der Waals surface area contributed by atoms with Crippen LogP contribution in [0.25, 0.3) is 0 Å². The van der Waals surface area contributed by atoms with Gasteiger partial charge in [0, 0.05) is 24.6 Å². The van der Waals surface area contributed by atoms with Gasteiger partial charge in [0.1, 0.15) is 11.6 Å². The molecule has 1 amide bonds. The number of hydrogen-bond acceptors (Lipinski definition) is 4. The number of amides is 1. The molecule has 1 saturated carbocycles. The van der Waals surface area contributed by atoms with Gasteiger partial charge in [0.05, 0.1) is 6.42 Å². The van der Waals surface area contributed by atoms with Gasteiger partial charge in [0.25, 0.3) is 0 Å². The van der Waals surface area contributed by atoms with E-state index < -0.39 is 0 Å². The van der Waals surface area contributed by atoms with E-state index in [1.165, 1.54) is 0 Å². The van der Waals surface area contributed by atoms with Crippen molar-refractivity contribution < 1.29 is 15.1 Å². The minimum atomic E-state index is -0.0419. The Morgan fingerprint density at radius 3 is 2.70 bits per heavy atom. The Hall–Kier alpha value is -2.24. The van der Waals surface area contributed by atoms with Crippen molar-refractivity contribution >= 4 is 11.7 Å². The number of nitrogens with zero attached hydrogens (tertiary/aromatic N) is 2. The molecular weight excluding hydrogens is 258 g/mol. The maximum Gasteiger partial charge on any atom is 0.227 e. The van der Waals surface area contributed by atoms with E-state index in [9.17, 15) is 9.90 Å². The Balaban J connectivity index is 1.99. The van der Waals surface area contributed by atoms with Crippen LogP contribution in [-0.4, -0.2) is 39.5 Å². The third-order valence-electron chi connectivity index (χ3n) is 3.38. The fraction of sp³-hybridized carbons (Fsp3) is 0.429. The second kappa shape index (κ2) is 6.27. The van der Waals surface area contributed by atoms with Crippen molar-refractivity contribution in [2.45, 2.75) is 31.7 Å². The van der Waals surface area contributed by atoms with E-state index >= 15 is 0 Å². The quantitative estimate of drug-likeness (QED) is 0.313. The van der Waals surface area contributed by atoms with Crippen molar-refractivity contribution in [1.29, 1.82) is 0 Å². The van der Waals surface area contributed by atoms with Gasteiger partial charge in [0.2, 0.25) is 5.91 Å². The molecule has 0 aromatic heterocycles. The molecule has 1 aliphatic carbocycles. The van der Waals surface area contributed by atoms with E-state index in [4.69, 9.17) is 10.9 Å². The standard InChI is InChI=1S/C14H19N3O3/c15-13(16-20)7-8-17(11-5-6-11)14(19)9-10-3-1-2-4-12(10)18/h1-4,11,18,20H,5-9H2,(H2,15,16). The Morgan fingerprint density at radius 1 is 1.40 bits per heavy atom. The van der Waals surface area contributed by atoms with Crippen LogP contribution in [-0.2, 0) is 11.2 Å². The highest BCUT2D eigenvalue weighted by molar-refractivity contribution is 5.82. The molecule has 4 N–H and O–H groups in total. The number of rotatable bonds is 6. The second-order valence-corrected chi connectivity index (χ2v) is 4.97. The number of nitrogens with two attached hydrogens (primary N) is 1. The van der Waals surface area contributed by atoms with Gasteiger partial charge in [-0.1, -0.05) is 23.4 Å². The third-order valence-corrected chi connectivity index (χ3v) is 3.38. The molecule has 1 aromatic carbocycles. The van der Waals surface area contributed by atoms with Gasteiger partial charge in [0.15, 0.2) is 0 Å². The normalized spacial score (nSPS) is 15.1. The molecule has 1 aliphatic rings. The predicted molar refractivity (Wildman–Crippen MR) is 74.6 cm³/mol. The number of para-hydroxylation sites is 1. The van der Waals surface area contributed by atoms with Crippen LogP contribution in [0.5, 0.6) is 5.75 Å². The minimum Gasteiger partial charge on any atom is -0.508 e. The molecule has 108 valence electrons. The molecule has 0 heterocycles. The molecule has 0 bridgehead atoms. The smallest absolute Gasteiger partial charge is 0.227 e. The molecule has 0 radical (unpaired) electrons. The summed E-state index contributed by atoms with van der Waals surface area (Å²) in [6.45, 7) is 0.437. The highest BCUT2D eigenvalue weighted by atomic mass is 16.4. The molecule has 0 unspecified atom stereocenters. The molecule has 0 atom stereocenters. The first kappa shape index (κ1) is 14.2. The number of aromatic hydroxyl groups is 1. The number of carbonyl (C=O) groups excluding carboxylic acids is 1. The van der Waals surface area contributed by atoms with Gasteiger partial charge < -0.3 is 20.9 Å². The number of oxime groups is 1. The first-order valence-corrected chi connectivity index (χ1v) is 6.64. The summed E-state index contributed by atoms with van der Waals surface area (Å²) in [6.07, 6.45) is 2.49. The van der Waals surface area contributed by atoms with E-state index in [1.807, 2.05) is 0 Å². The average molecular weight is 277 g/mol. The Bertz CT molecular complexity index is 512. The van der Waals surface area contributed by atoms with Gasteiger partial charge >= 0.3 is 0 Å². The molecule has 6 nitrogen and oxygen atoms in total. The SMILES string of the molecule is N/C(CCN(C(=O)Cc1ccccc1O)C1CC1)=N/O. The summed E-state index contributed by atoms with van der Waals surface area (Å²) < 4.78 is 0. The number of carbonyl (C=O) groups is 1. The van der Waals surface area contributed by atoms with Gasteiger partial charge in [-0.2, -0.15) is 0 Å². The number of amidine groups is 1. The van der Waals surface area contributed by atoms with Crippen LogP contribution in [0.15, 0.2) is 29.4 Å². The van der Waals surface area contributed by atoms with Crippen LogP contribution < -0.4 is 5.73 Å². The van der Waals surface area contributed by atoms with Crippen molar-refractivity contribution in [3.8, 4) is 5.75 Å². The van der Waals surface area contributed by atoms with Gasteiger partial charge in [-0.25, -0.2) is 0 Å². The molecule has 0 saturated heterocycles. The fourth-order valence-corrected chi connectivity index (χ4v) is 2.11. The molecule has 1 fully saturated rings. The summed E-state index contributed by atoms with van der Waals surface area (Å²) in [7, 11) is 0. The van der Waals surface area contributed by atoms with Crippen molar-refractivity contribution in [3.05, 3.63) is 29.8 Å². The molecule has 6 heteroatoms. The summed E-state index contributed by atoms with van der Waals surface area (Å²) in [5, 5.41) is 21.2. The van der Waals surface area contributed by atoms with E-state index in [0.29, 0.717) is 18.5 Å². The molecule has 2 rings (SSSR count). The van der Waals surface area contributed by atoms with Crippen molar-refractivity contribution in [2.24, 2.45) is 10.9 Å². The van der Waals surface area contributed by atoms with Crippen LogP contribution in [0.1, 0.15) is 24.8 Å². The van der Waals surface area contributed by atoms with Crippen LogP contribution in [0.4, 0.5) is 0 Å². The van der Waals surface area contributed by atoms with E-state index in [1.54, 1.807) is 29.2 Å². The maximum absolute atomic E-state index is 12.3. The van der Waals surface area contributed by atoms with E-state index in [0.717, 1.165) is 12.8 Å². The Morgan fingerprint density at radius 2 is 2.10 bits per heavy atom. The third kappa shape index (κ3) is 3.63. The summed E-state index contributed by atoms with van der Waals surface area (Å²) in [5.74, 6) is 0.207. The largest absolute Gasteiger partial charge is 0.508 e. The lowest BCUT2D eigenvalue weighted by molar-refractivity contribution is -0.131. The lowest BCUT2D eigenvalue weighted by atomic mass is 10.1. The summed E-state index contributed by atoms with van der Waals surface area (Å²) in [5.41, 5.74) is 6.06. The van der Waals surface area contributed by atoms with Crippen molar-refractivity contribution in [2.75, 3.05) is 6.54 Å². The van der Waals surface area contributed by atoms with Crippen molar-refractivity contribution in [1.82, 2.24) is 4.90 Å². The monoisotopic (exact) mass is 277 g/mol. The number of benzene rings is 1. The van der Waals surface area contributed by atoms with Gasteiger partial charge in [-0.15, -0.1) is 0 Å². The average Bonchev–Trinajstić information content (AvgIpc) is 3.26. The number of hydrogen-bond donors (Lipinski definition) is 3. The fourth-order valence-electron chi connectivity index (χ4n) is 2.11. The molecule has 1 aromatic rings. The van der Waals surface area contributed by atoms with E-state index in [2.05, 4.69) is 5.16 Å².